The van der Waals surface area contributed by atoms with Gasteiger partial charge in [-0.25, -0.2) is 8.42 Å². The van der Waals surface area contributed by atoms with Gasteiger partial charge in [-0.3, -0.25) is 9.82 Å². The summed E-state index contributed by atoms with van der Waals surface area (Å²) in [5, 5.41) is 15.7. The Kier molecular flexibility index (Phi) is 3.90. The highest BCUT2D eigenvalue weighted by molar-refractivity contribution is 7.94. The molecule has 1 aromatic carbocycles. The van der Waals surface area contributed by atoms with Gasteiger partial charge in [0.25, 0.3) is 10.0 Å². The number of nitrogens with one attached hydrogen (secondary N) is 2. The van der Waals surface area contributed by atoms with Gasteiger partial charge in [0.1, 0.15) is 9.90 Å². The van der Waals surface area contributed by atoms with E-state index in [-0.39, 0.29) is 4.21 Å². The monoisotopic (exact) mass is 344 g/mol. The van der Waals surface area contributed by atoms with Crippen molar-refractivity contribution < 1.29 is 8.42 Å². The van der Waals surface area contributed by atoms with Crippen LogP contribution in [0.25, 0.3) is 10.6 Å². The third kappa shape index (κ3) is 3.26. The summed E-state index contributed by atoms with van der Waals surface area (Å²) < 4.78 is 27.5. The summed E-state index contributed by atoms with van der Waals surface area (Å²) in [6.07, 6.45) is 0. The molecule has 3 aromatic rings. The van der Waals surface area contributed by atoms with Gasteiger partial charge in [0, 0.05) is 11.4 Å². The molecule has 0 amide bonds. The molecule has 0 saturated carbocycles. The number of anilines is 1. The zero-order valence-corrected chi connectivity index (χ0v) is 13.7. The Morgan fingerprint density at radius 3 is 2.57 bits per heavy atom. The van der Waals surface area contributed by atoms with E-state index >= 15 is 0 Å². The van der Waals surface area contributed by atoms with Crippen LogP contribution in [0, 0.1) is 18.3 Å². The Bertz CT molecular complexity index is 979. The van der Waals surface area contributed by atoms with E-state index in [4.69, 9.17) is 5.26 Å². The van der Waals surface area contributed by atoms with Crippen molar-refractivity contribution in [1.82, 2.24) is 10.2 Å². The fraction of sp³-hybridized carbons (Fsp3) is 0.0667. The highest BCUT2D eigenvalue weighted by Crippen LogP contribution is 2.30. The first-order chi connectivity index (χ1) is 11.0. The van der Waals surface area contributed by atoms with E-state index in [1.54, 1.807) is 36.4 Å². The van der Waals surface area contributed by atoms with Crippen molar-refractivity contribution in [3.05, 3.63) is 53.7 Å². The summed E-state index contributed by atoms with van der Waals surface area (Å²) in [6, 6.07) is 13.4. The Balaban J connectivity index is 1.85. The van der Waals surface area contributed by atoms with E-state index in [9.17, 15) is 8.42 Å². The molecule has 0 unspecified atom stereocenters. The smallest absolute Gasteiger partial charge is 0.271 e. The summed E-state index contributed by atoms with van der Waals surface area (Å²) in [6.45, 7) is 1.88. The van der Waals surface area contributed by atoms with Crippen molar-refractivity contribution in [2.45, 2.75) is 11.1 Å². The average molecular weight is 344 g/mol. The summed E-state index contributed by atoms with van der Waals surface area (Å²) in [5.41, 5.74) is 2.51. The lowest BCUT2D eigenvalue weighted by atomic mass is 10.2. The van der Waals surface area contributed by atoms with Gasteiger partial charge in [-0.1, -0.05) is 0 Å². The van der Waals surface area contributed by atoms with E-state index in [0.717, 1.165) is 21.9 Å². The second-order valence-electron chi connectivity index (χ2n) is 4.85. The summed E-state index contributed by atoms with van der Waals surface area (Å²) in [4.78, 5) is 0.773. The number of aromatic amines is 1. The predicted octanol–water partition coefficient (Wildman–Crippen LogP) is 3.12. The second kappa shape index (κ2) is 5.87. The van der Waals surface area contributed by atoms with Gasteiger partial charge in [-0.2, -0.15) is 10.4 Å². The number of aryl methyl sites for hydroxylation is 1. The maximum absolute atomic E-state index is 12.4. The molecule has 0 aliphatic carbocycles. The predicted molar refractivity (Wildman–Crippen MR) is 88.6 cm³/mol. The first-order valence-electron chi connectivity index (χ1n) is 6.63. The normalized spacial score (nSPS) is 11.1. The highest BCUT2D eigenvalue weighted by atomic mass is 32.2. The van der Waals surface area contributed by atoms with Crippen LogP contribution in [0.15, 0.2) is 46.7 Å². The number of thiophene rings is 1. The Morgan fingerprint density at radius 1 is 1.22 bits per heavy atom. The van der Waals surface area contributed by atoms with Crippen molar-refractivity contribution >= 4 is 27.0 Å². The van der Waals surface area contributed by atoms with E-state index in [2.05, 4.69) is 14.9 Å². The molecule has 8 heteroatoms. The SMILES string of the molecule is Cc1cc(-c2ccc(S(=O)(=O)Nc3ccc(C#N)cc3)s2)n[nH]1. The van der Waals surface area contributed by atoms with Crippen LogP contribution < -0.4 is 4.72 Å². The van der Waals surface area contributed by atoms with Gasteiger partial charge in [0.05, 0.1) is 16.5 Å². The molecule has 0 bridgehead atoms. The van der Waals surface area contributed by atoms with E-state index in [0.29, 0.717) is 16.9 Å². The molecule has 0 saturated heterocycles. The Morgan fingerprint density at radius 2 is 1.96 bits per heavy atom. The van der Waals surface area contributed by atoms with Gasteiger partial charge in [0.15, 0.2) is 0 Å². The number of sulfonamides is 1. The molecule has 3 rings (SSSR count). The van der Waals surface area contributed by atoms with Gasteiger partial charge in [0.2, 0.25) is 0 Å². The number of nitrogens with zero attached hydrogens (tertiary/aromatic N) is 2. The highest BCUT2D eigenvalue weighted by Gasteiger charge is 2.18. The topological polar surface area (TPSA) is 98.6 Å². The maximum Gasteiger partial charge on any atom is 0.271 e. The van der Waals surface area contributed by atoms with Crippen molar-refractivity contribution in [3.8, 4) is 16.6 Å². The maximum atomic E-state index is 12.4. The van der Waals surface area contributed by atoms with Crippen molar-refractivity contribution in [3.63, 3.8) is 0 Å². The third-order valence-electron chi connectivity index (χ3n) is 3.07. The number of hydrogen-bond donors (Lipinski definition) is 2. The quantitative estimate of drug-likeness (QED) is 0.759. The van der Waals surface area contributed by atoms with Crippen molar-refractivity contribution in [2.24, 2.45) is 0 Å². The van der Waals surface area contributed by atoms with E-state index in [1.807, 2.05) is 19.1 Å². The molecule has 116 valence electrons. The van der Waals surface area contributed by atoms with E-state index in [1.165, 1.54) is 0 Å². The molecular weight excluding hydrogens is 332 g/mol. The van der Waals surface area contributed by atoms with E-state index < -0.39 is 10.0 Å². The molecule has 0 atom stereocenters. The lowest BCUT2D eigenvalue weighted by Crippen LogP contribution is -2.11. The van der Waals surface area contributed by atoms with Crippen LogP contribution in [0.4, 0.5) is 5.69 Å². The summed E-state index contributed by atoms with van der Waals surface area (Å²) in [5.74, 6) is 0. The molecule has 0 aliphatic rings. The van der Waals surface area contributed by atoms with Crippen molar-refractivity contribution in [1.29, 1.82) is 5.26 Å². The second-order valence-corrected chi connectivity index (χ2v) is 7.84. The van der Waals surface area contributed by atoms with Gasteiger partial charge >= 0.3 is 0 Å². The number of nitriles is 1. The molecule has 2 aromatic heterocycles. The Hall–Kier alpha value is -2.63. The number of rotatable bonds is 4. The lowest BCUT2D eigenvalue weighted by molar-refractivity contribution is 0.603. The minimum atomic E-state index is -3.67. The molecule has 23 heavy (non-hydrogen) atoms. The van der Waals surface area contributed by atoms with Gasteiger partial charge in [-0.05, 0) is 49.4 Å². The number of benzene rings is 1. The zero-order valence-electron chi connectivity index (χ0n) is 12.1. The average Bonchev–Trinajstić information content (AvgIpc) is 3.16. The van der Waals surface area contributed by atoms with Gasteiger partial charge < -0.3 is 0 Å². The van der Waals surface area contributed by atoms with Crippen LogP contribution in [-0.2, 0) is 10.0 Å². The van der Waals surface area contributed by atoms with Gasteiger partial charge in [-0.15, -0.1) is 11.3 Å². The number of aromatic nitrogens is 2. The first kappa shape index (κ1) is 15.3. The fourth-order valence-electron chi connectivity index (χ4n) is 1.96. The van der Waals surface area contributed by atoms with Crippen LogP contribution in [0.5, 0.6) is 0 Å². The summed E-state index contributed by atoms with van der Waals surface area (Å²) in [7, 11) is -3.67. The number of H-pyrrole nitrogens is 1. The van der Waals surface area contributed by atoms with Crippen molar-refractivity contribution in [2.75, 3.05) is 4.72 Å². The van der Waals surface area contributed by atoms with Crippen LogP contribution in [0.2, 0.25) is 0 Å². The molecule has 0 radical (unpaired) electrons. The molecule has 0 fully saturated rings. The van der Waals surface area contributed by atoms with Crippen LogP contribution >= 0.6 is 11.3 Å². The standard InChI is InChI=1S/C15H12N4O2S2/c1-10-8-13(18-17-10)14-6-7-15(22-14)23(20,21)19-12-4-2-11(9-16)3-5-12/h2-8,19H,1H3,(H,17,18). The van der Waals surface area contributed by atoms with Crippen LogP contribution in [-0.4, -0.2) is 18.6 Å². The molecule has 2 heterocycles. The molecular formula is C15H12N4O2S2. The number of hydrogen-bond acceptors (Lipinski definition) is 5. The minimum absolute atomic E-state index is 0.206. The first-order valence-corrected chi connectivity index (χ1v) is 8.93. The molecule has 0 spiro atoms. The fourth-order valence-corrected chi connectivity index (χ4v) is 4.29. The van der Waals surface area contributed by atoms with Crippen LogP contribution in [0.3, 0.4) is 0 Å². The molecule has 2 N–H and O–H groups in total. The molecule has 0 aliphatic heterocycles. The zero-order chi connectivity index (χ0) is 16.4. The molecule has 6 nitrogen and oxygen atoms in total. The van der Waals surface area contributed by atoms with Crippen LogP contribution in [0.1, 0.15) is 11.3 Å². The largest absolute Gasteiger partial charge is 0.282 e. The lowest BCUT2D eigenvalue weighted by Gasteiger charge is -2.05. The minimum Gasteiger partial charge on any atom is -0.282 e. The Labute approximate surface area is 137 Å². The third-order valence-corrected chi connectivity index (χ3v) is 6.05. The summed E-state index contributed by atoms with van der Waals surface area (Å²) >= 11 is 1.15.